The summed E-state index contributed by atoms with van der Waals surface area (Å²) in [6.07, 6.45) is 1.56. The van der Waals surface area contributed by atoms with E-state index in [-0.39, 0.29) is 11.8 Å². The van der Waals surface area contributed by atoms with Crippen LogP contribution in [0.25, 0.3) is 0 Å². The molecule has 2 amide bonds. The van der Waals surface area contributed by atoms with E-state index < -0.39 is 0 Å². The average molecular weight is 401 g/mol. The van der Waals surface area contributed by atoms with Crippen molar-refractivity contribution in [3.8, 4) is 5.75 Å². The van der Waals surface area contributed by atoms with Gasteiger partial charge in [0.05, 0.1) is 12.8 Å². The number of rotatable bonds is 7. The van der Waals surface area contributed by atoms with Crippen LogP contribution < -0.4 is 15.5 Å². The fraction of sp³-hybridized carbons (Fsp3) is 0.125. The van der Waals surface area contributed by atoms with Crippen molar-refractivity contribution < 1.29 is 14.3 Å². The summed E-state index contributed by atoms with van der Waals surface area (Å²) in [5.74, 6) is 0.257. The van der Waals surface area contributed by atoms with E-state index in [1.165, 1.54) is 0 Å². The van der Waals surface area contributed by atoms with Gasteiger partial charge < -0.3 is 10.1 Å². The number of hydrogen-bond donors (Lipinski definition) is 2. The van der Waals surface area contributed by atoms with E-state index in [1.807, 2.05) is 56.3 Å². The van der Waals surface area contributed by atoms with E-state index in [9.17, 15) is 9.59 Å². The second-order valence-corrected chi connectivity index (χ2v) is 6.55. The van der Waals surface area contributed by atoms with Crippen LogP contribution in [0.4, 0.5) is 5.69 Å². The first-order valence-corrected chi connectivity index (χ1v) is 9.60. The lowest BCUT2D eigenvalue weighted by molar-refractivity contribution is 0.0954. The highest BCUT2D eigenvalue weighted by Crippen LogP contribution is 2.14. The first-order valence-electron chi connectivity index (χ1n) is 9.60. The zero-order valence-electron chi connectivity index (χ0n) is 16.9. The molecule has 0 spiro atoms. The maximum Gasteiger partial charge on any atom is 0.271 e. The van der Waals surface area contributed by atoms with Gasteiger partial charge in [0.25, 0.3) is 11.8 Å². The van der Waals surface area contributed by atoms with Crippen molar-refractivity contribution in [2.24, 2.45) is 5.10 Å². The number of carbonyl (C=O) groups is 2. The van der Waals surface area contributed by atoms with Crippen LogP contribution in [-0.2, 0) is 0 Å². The molecule has 0 aromatic heterocycles. The maximum absolute atomic E-state index is 12.4. The number of carbonyl (C=O) groups excluding carboxylic acids is 2. The quantitative estimate of drug-likeness (QED) is 0.455. The van der Waals surface area contributed by atoms with Crippen LogP contribution in [0.15, 0.2) is 77.9 Å². The van der Waals surface area contributed by atoms with Crippen molar-refractivity contribution in [2.75, 3.05) is 11.9 Å². The van der Waals surface area contributed by atoms with E-state index in [0.29, 0.717) is 23.4 Å². The Morgan fingerprint density at radius 1 is 0.933 bits per heavy atom. The van der Waals surface area contributed by atoms with Gasteiger partial charge in [0.2, 0.25) is 0 Å². The number of ether oxygens (including phenoxy) is 1. The van der Waals surface area contributed by atoms with E-state index in [2.05, 4.69) is 15.8 Å². The lowest BCUT2D eigenvalue weighted by Gasteiger charge is -2.08. The molecule has 6 heteroatoms. The normalized spacial score (nSPS) is 10.6. The topological polar surface area (TPSA) is 79.8 Å². The third kappa shape index (κ3) is 5.54. The molecule has 0 saturated carbocycles. The Morgan fingerprint density at radius 3 is 2.30 bits per heavy atom. The minimum atomic E-state index is -0.339. The number of anilines is 1. The molecule has 2 N–H and O–H groups in total. The highest BCUT2D eigenvalue weighted by molar-refractivity contribution is 6.05. The molecule has 0 heterocycles. The summed E-state index contributed by atoms with van der Waals surface area (Å²) in [5, 5.41) is 6.81. The highest BCUT2D eigenvalue weighted by Gasteiger charge is 2.09. The standard InChI is InChI=1S/C24H23N3O3/c1-3-30-21-14-8-18(9-15-21)16-25-27-23(28)19-10-12-20(13-11-19)26-24(29)22-7-5-4-6-17(22)2/h4-16H,3H2,1-2H3,(H,26,29)(H,27,28)/b25-16-. The van der Waals surface area contributed by atoms with E-state index in [1.54, 1.807) is 36.5 Å². The first-order chi connectivity index (χ1) is 14.6. The van der Waals surface area contributed by atoms with Crippen LogP contribution >= 0.6 is 0 Å². The van der Waals surface area contributed by atoms with Gasteiger partial charge in [0.1, 0.15) is 5.75 Å². The van der Waals surface area contributed by atoms with Crippen molar-refractivity contribution in [1.29, 1.82) is 0 Å². The van der Waals surface area contributed by atoms with Gasteiger partial charge in [0, 0.05) is 16.8 Å². The zero-order chi connectivity index (χ0) is 21.3. The Kier molecular flexibility index (Phi) is 6.95. The van der Waals surface area contributed by atoms with Gasteiger partial charge in [0.15, 0.2) is 0 Å². The molecular formula is C24H23N3O3. The molecule has 3 aromatic carbocycles. The first kappa shape index (κ1) is 20.8. The summed E-state index contributed by atoms with van der Waals surface area (Å²) < 4.78 is 5.39. The van der Waals surface area contributed by atoms with Crippen molar-refractivity contribution in [2.45, 2.75) is 13.8 Å². The Hall–Kier alpha value is -3.93. The van der Waals surface area contributed by atoms with Gasteiger partial charge >= 0.3 is 0 Å². The fourth-order valence-corrected chi connectivity index (χ4v) is 2.78. The lowest BCUT2D eigenvalue weighted by atomic mass is 10.1. The third-order valence-electron chi connectivity index (χ3n) is 4.37. The number of hydrazone groups is 1. The van der Waals surface area contributed by atoms with Crippen molar-refractivity contribution in [1.82, 2.24) is 5.43 Å². The molecule has 0 aliphatic carbocycles. The number of nitrogens with one attached hydrogen (secondary N) is 2. The lowest BCUT2D eigenvalue weighted by Crippen LogP contribution is -2.18. The number of hydrogen-bond acceptors (Lipinski definition) is 4. The molecular weight excluding hydrogens is 378 g/mol. The van der Waals surface area contributed by atoms with Crippen LogP contribution in [-0.4, -0.2) is 24.6 Å². The van der Waals surface area contributed by atoms with Crippen molar-refractivity contribution >= 4 is 23.7 Å². The van der Waals surface area contributed by atoms with Crippen LogP contribution in [0.1, 0.15) is 38.8 Å². The number of benzene rings is 3. The molecule has 3 rings (SSSR count). The number of aryl methyl sites for hydroxylation is 1. The Morgan fingerprint density at radius 2 is 1.63 bits per heavy atom. The summed E-state index contributed by atoms with van der Waals surface area (Å²) in [5.41, 5.74) is 5.89. The molecule has 0 aliphatic rings. The molecule has 6 nitrogen and oxygen atoms in total. The van der Waals surface area contributed by atoms with Crippen molar-refractivity contribution in [3.63, 3.8) is 0 Å². The van der Waals surface area contributed by atoms with Gasteiger partial charge in [-0.15, -0.1) is 0 Å². The molecule has 0 unspecified atom stereocenters. The second-order valence-electron chi connectivity index (χ2n) is 6.55. The summed E-state index contributed by atoms with van der Waals surface area (Å²) in [6, 6.07) is 21.4. The summed E-state index contributed by atoms with van der Waals surface area (Å²) in [6.45, 7) is 4.42. The molecule has 152 valence electrons. The number of nitrogens with zero attached hydrogens (tertiary/aromatic N) is 1. The third-order valence-corrected chi connectivity index (χ3v) is 4.37. The van der Waals surface area contributed by atoms with E-state index in [0.717, 1.165) is 16.9 Å². The molecule has 0 aliphatic heterocycles. The second kappa shape index (κ2) is 10.0. The summed E-state index contributed by atoms with van der Waals surface area (Å²) in [7, 11) is 0. The predicted molar refractivity (Wildman–Crippen MR) is 118 cm³/mol. The van der Waals surface area contributed by atoms with Crippen LogP contribution in [0.3, 0.4) is 0 Å². The molecule has 3 aromatic rings. The molecule has 0 saturated heterocycles. The van der Waals surface area contributed by atoms with Gasteiger partial charge in [-0.3, -0.25) is 9.59 Å². The van der Waals surface area contributed by atoms with Gasteiger partial charge in [-0.05, 0) is 79.6 Å². The van der Waals surface area contributed by atoms with Gasteiger partial charge in [-0.2, -0.15) is 5.10 Å². The number of amides is 2. The molecule has 0 atom stereocenters. The summed E-state index contributed by atoms with van der Waals surface area (Å²) in [4.78, 5) is 24.6. The minimum Gasteiger partial charge on any atom is -0.494 e. The smallest absolute Gasteiger partial charge is 0.271 e. The maximum atomic E-state index is 12.4. The van der Waals surface area contributed by atoms with E-state index in [4.69, 9.17) is 4.74 Å². The van der Waals surface area contributed by atoms with Gasteiger partial charge in [-0.25, -0.2) is 5.43 Å². The van der Waals surface area contributed by atoms with Crippen LogP contribution in [0.5, 0.6) is 5.75 Å². The SMILES string of the molecule is CCOc1ccc(/C=N\NC(=O)c2ccc(NC(=O)c3ccccc3C)cc2)cc1. The van der Waals surface area contributed by atoms with Crippen LogP contribution in [0, 0.1) is 6.92 Å². The molecule has 0 radical (unpaired) electrons. The average Bonchev–Trinajstić information content (AvgIpc) is 2.76. The minimum absolute atomic E-state index is 0.190. The Bertz CT molecular complexity index is 1040. The molecule has 30 heavy (non-hydrogen) atoms. The Balaban J connectivity index is 1.55. The highest BCUT2D eigenvalue weighted by atomic mass is 16.5. The summed E-state index contributed by atoms with van der Waals surface area (Å²) >= 11 is 0. The fourth-order valence-electron chi connectivity index (χ4n) is 2.78. The van der Waals surface area contributed by atoms with Crippen LogP contribution in [0.2, 0.25) is 0 Å². The van der Waals surface area contributed by atoms with Gasteiger partial charge in [-0.1, -0.05) is 18.2 Å². The van der Waals surface area contributed by atoms with E-state index >= 15 is 0 Å². The predicted octanol–water partition coefficient (Wildman–Crippen LogP) is 4.41. The molecule has 0 fully saturated rings. The monoisotopic (exact) mass is 401 g/mol. The van der Waals surface area contributed by atoms with Crippen molar-refractivity contribution in [3.05, 3.63) is 95.1 Å². The zero-order valence-corrected chi connectivity index (χ0v) is 16.9. The largest absolute Gasteiger partial charge is 0.494 e. The molecule has 0 bridgehead atoms. The Labute approximate surface area is 175 Å².